The van der Waals surface area contributed by atoms with Gasteiger partial charge in [0.2, 0.25) is 0 Å². The van der Waals surface area contributed by atoms with Crippen LogP contribution in [-0.2, 0) is 6.18 Å². The van der Waals surface area contributed by atoms with Crippen LogP contribution in [0.4, 0.5) is 24.7 Å². The number of nitrogens with zero attached hydrogens (tertiary/aromatic N) is 4. The molecule has 7 nitrogen and oxygen atoms in total. The van der Waals surface area contributed by atoms with Gasteiger partial charge < -0.3 is 20.3 Å². The zero-order valence-electron chi connectivity index (χ0n) is 18.1. The maximum Gasteiger partial charge on any atom is 0.416 e. The van der Waals surface area contributed by atoms with Crippen LogP contribution in [0.3, 0.4) is 0 Å². The first kappa shape index (κ1) is 22.1. The highest BCUT2D eigenvalue weighted by Gasteiger charge is 2.33. The Morgan fingerprint density at radius 1 is 1.19 bits per heavy atom. The molecule has 1 aliphatic heterocycles. The van der Waals surface area contributed by atoms with Crippen molar-refractivity contribution in [2.75, 3.05) is 43.5 Å². The zero-order valence-corrected chi connectivity index (χ0v) is 18.1. The van der Waals surface area contributed by atoms with Gasteiger partial charge in [-0.25, -0.2) is 4.98 Å². The van der Waals surface area contributed by atoms with Crippen LogP contribution in [-0.4, -0.2) is 48.5 Å². The molecule has 10 heteroatoms. The van der Waals surface area contributed by atoms with Gasteiger partial charge in [0.25, 0.3) is 5.88 Å². The third-order valence-electron chi connectivity index (χ3n) is 5.75. The molecule has 0 aliphatic carbocycles. The van der Waals surface area contributed by atoms with Gasteiger partial charge in [-0.3, -0.25) is 0 Å². The van der Waals surface area contributed by atoms with Crippen LogP contribution in [0.1, 0.15) is 29.7 Å². The Hall–Kier alpha value is -3.14. The molecule has 32 heavy (non-hydrogen) atoms. The molecule has 1 aromatic carbocycles. The van der Waals surface area contributed by atoms with E-state index in [9.17, 15) is 13.2 Å². The van der Waals surface area contributed by atoms with E-state index in [1.807, 2.05) is 6.07 Å². The molecule has 3 aromatic rings. The van der Waals surface area contributed by atoms with Crippen molar-refractivity contribution >= 4 is 22.4 Å². The monoisotopic (exact) mass is 446 g/mol. The number of aromatic nitrogens is 3. The second kappa shape index (κ2) is 8.78. The maximum absolute atomic E-state index is 13.4. The van der Waals surface area contributed by atoms with Gasteiger partial charge in [-0.2, -0.15) is 13.2 Å². The van der Waals surface area contributed by atoms with E-state index in [1.54, 1.807) is 19.2 Å². The van der Waals surface area contributed by atoms with Crippen molar-refractivity contribution in [3.8, 4) is 5.88 Å². The van der Waals surface area contributed by atoms with Gasteiger partial charge in [-0.15, -0.1) is 10.2 Å². The van der Waals surface area contributed by atoms with Crippen LogP contribution in [0.2, 0.25) is 0 Å². The largest absolute Gasteiger partial charge is 0.478 e. The number of nitrogens with one attached hydrogen (secondary N) is 2. The lowest BCUT2D eigenvalue weighted by Gasteiger charge is -2.29. The number of benzene rings is 1. The summed E-state index contributed by atoms with van der Waals surface area (Å²) in [6.45, 7) is 6.75. The summed E-state index contributed by atoms with van der Waals surface area (Å²) in [6, 6.07) is 5.74. The third kappa shape index (κ3) is 4.27. The quantitative estimate of drug-likeness (QED) is 0.615. The lowest BCUT2D eigenvalue weighted by atomic mass is 9.97. The lowest BCUT2D eigenvalue weighted by Crippen LogP contribution is -2.43. The highest BCUT2D eigenvalue weighted by Crippen LogP contribution is 2.36. The van der Waals surface area contributed by atoms with Crippen molar-refractivity contribution < 1.29 is 17.9 Å². The molecule has 1 saturated heterocycles. The Morgan fingerprint density at radius 2 is 1.94 bits per heavy atom. The molecular weight excluding hydrogens is 421 g/mol. The first-order chi connectivity index (χ1) is 15.3. The molecule has 0 saturated carbocycles. The minimum absolute atomic E-state index is 0.186. The molecule has 2 N–H and O–H groups in total. The molecule has 0 bridgehead atoms. The number of piperazine rings is 1. The number of hydrogen-bond acceptors (Lipinski definition) is 7. The molecule has 1 atom stereocenters. The van der Waals surface area contributed by atoms with Crippen LogP contribution in [0, 0.1) is 6.92 Å². The lowest BCUT2D eigenvalue weighted by molar-refractivity contribution is -0.138. The Morgan fingerprint density at radius 3 is 2.62 bits per heavy atom. The van der Waals surface area contributed by atoms with Crippen LogP contribution < -0.4 is 20.3 Å². The highest BCUT2D eigenvalue weighted by atomic mass is 19.4. The first-order valence-electron chi connectivity index (χ1n) is 10.4. The Balaban J connectivity index is 1.72. The second-order valence-electron chi connectivity index (χ2n) is 7.77. The summed E-state index contributed by atoms with van der Waals surface area (Å²) >= 11 is 0. The average Bonchev–Trinajstić information content (AvgIpc) is 2.79. The smallest absolute Gasteiger partial charge is 0.416 e. The second-order valence-corrected chi connectivity index (χ2v) is 7.77. The summed E-state index contributed by atoms with van der Waals surface area (Å²) in [5.74, 6) is 0.731. The maximum atomic E-state index is 13.4. The minimum atomic E-state index is -4.41. The molecule has 1 fully saturated rings. The number of rotatable bonds is 5. The van der Waals surface area contributed by atoms with Crippen molar-refractivity contribution in [3.05, 3.63) is 47.2 Å². The number of alkyl halides is 3. The number of anilines is 2. The number of ether oxygens (including phenoxy) is 1. The van der Waals surface area contributed by atoms with Crippen molar-refractivity contribution in [3.63, 3.8) is 0 Å². The first-order valence-corrected chi connectivity index (χ1v) is 10.4. The van der Waals surface area contributed by atoms with E-state index in [0.29, 0.717) is 28.2 Å². The van der Waals surface area contributed by atoms with Gasteiger partial charge in [-0.05, 0) is 37.1 Å². The summed E-state index contributed by atoms with van der Waals surface area (Å²) in [7, 11) is 1.50. The predicted octanol–water partition coefficient (Wildman–Crippen LogP) is 3.94. The van der Waals surface area contributed by atoms with E-state index in [4.69, 9.17) is 4.74 Å². The Bertz CT molecular complexity index is 1110. The summed E-state index contributed by atoms with van der Waals surface area (Å²) in [5, 5.41) is 15.6. The third-order valence-corrected chi connectivity index (χ3v) is 5.75. The van der Waals surface area contributed by atoms with Gasteiger partial charge in [0, 0.05) is 26.2 Å². The summed E-state index contributed by atoms with van der Waals surface area (Å²) in [6.07, 6.45) is -2.63. The van der Waals surface area contributed by atoms with Crippen molar-refractivity contribution in [1.82, 2.24) is 20.5 Å². The van der Waals surface area contributed by atoms with Crippen LogP contribution in [0.15, 0.2) is 30.5 Å². The van der Waals surface area contributed by atoms with Gasteiger partial charge >= 0.3 is 6.18 Å². The van der Waals surface area contributed by atoms with Gasteiger partial charge in [0.15, 0.2) is 5.82 Å². The number of pyridine rings is 1. The van der Waals surface area contributed by atoms with Gasteiger partial charge in [0.1, 0.15) is 5.52 Å². The molecule has 3 heterocycles. The number of hydrogen-bond donors (Lipinski definition) is 2. The predicted molar refractivity (Wildman–Crippen MR) is 117 cm³/mol. The zero-order chi connectivity index (χ0) is 22.9. The molecule has 170 valence electrons. The summed E-state index contributed by atoms with van der Waals surface area (Å²) in [4.78, 5) is 6.78. The highest BCUT2D eigenvalue weighted by molar-refractivity contribution is 5.94. The summed E-state index contributed by atoms with van der Waals surface area (Å²) < 4.78 is 45.4. The molecule has 1 aliphatic rings. The van der Waals surface area contributed by atoms with Crippen LogP contribution in [0.25, 0.3) is 10.9 Å². The Labute approximate surface area is 184 Å². The van der Waals surface area contributed by atoms with E-state index in [-0.39, 0.29) is 5.56 Å². The van der Waals surface area contributed by atoms with Crippen molar-refractivity contribution in [2.24, 2.45) is 0 Å². The van der Waals surface area contributed by atoms with E-state index < -0.39 is 17.8 Å². The molecule has 4 rings (SSSR count). The molecule has 0 spiro atoms. The fourth-order valence-electron chi connectivity index (χ4n) is 4.05. The number of methoxy groups -OCH3 is 1. The normalized spacial score (nSPS) is 15.6. The molecule has 0 amide bonds. The van der Waals surface area contributed by atoms with Crippen LogP contribution >= 0.6 is 0 Å². The SMILES string of the molecule is COc1nnc(N[C@H](C)c2cccc(C(F)(F)F)c2C)c2cc(N3CCNCC3)cnc12. The molecule has 2 aromatic heterocycles. The topological polar surface area (TPSA) is 75.2 Å². The fourth-order valence-corrected chi connectivity index (χ4v) is 4.05. The van der Waals surface area contributed by atoms with Gasteiger partial charge in [0.05, 0.1) is 36.0 Å². The van der Waals surface area contributed by atoms with Crippen molar-refractivity contribution in [2.45, 2.75) is 26.1 Å². The van der Waals surface area contributed by atoms with Gasteiger partial charge in [-0.1, -0.05) is 12.1 Å². The Kier molecular flexibility index (Phi) is 6.05. The van der Waals surface area contributed by atoms with Crippen molar-refractivity contribution in [1.29, 1.82) is 0 Å². The van der Waals surface area contributed by atoms with Crippen LogP contribution in [0.5, 0.6) is 5.88 Å². The fraction of sp³-hybridized carbons (Fsp3) is 0.409. The molecule has 0 radical (unpaired) electrons. The average molecular weight is 446 g/mol. The number of halogens is 3. The molecular formula is C22H25F3N6O. The number of fused-ring (bicyclic) bond motifs is 1. The van der Waals surface area contributed by atoms with E-state index >= 15 is 0 Å². The van der Waals surface area contributed by atoms with E-state index in [0.717, 1.165) is 37.9 Å². The van der Waals surface area contributed by atoms with E-state index in [1.165, 1.54) is 20.1 Å². The minimum Gasteiger partial charge on any atom is -0.478 e. The standard InChI is InChI=1S/C22H25F3N6O/c1-13-16(5-4-6-18(13)22(23,24)25)14(2)28-20-17-11-15(31-9-7-26-8-10-31)12-27-19(17)21(32-3)30-29-20/h4-6,11-12,14,26H,7-10H2,1-3H3,(H,28,29)/t14-/m1/s1. The molecule has 0 unspecified atom stereocenters. The summed E-state index contributed by atoms with van der Waals surface area (Å²) in [5.41, 5.74) is 1.57. The van der Waals surface area contributed by atoms with E-state index in [2.05, 4.69) is 30.7 Å².